The van der Waals surface area contributed by atoms with Crippen molar-refractivity contribution in [3.05, 3.63) is 74.2 Å². The van der Waals surface area contributed by atoms with E-state index in [-0.39, 0.29) is 22.0 Å². The molecular formula is C18H12ClF4N3O2. The average Bonchev–Trinajstić information content (AvgIpc) is 2.66. The van der Waals surface area contributed by atoms with Crippen molar-refractivity contribution in [2.75, 3.05) is 7.05 Å². The predicted molar refractivity (Wildman–Crippen MR) is 94.2 cm³/mol. The molecule has 1 N–H and O–H groups in total. The van der Waals surface area contributed by atoms with Gasteiger partial charge in [0, 0.05) is 18.0 Å². The van der Waals surface area contributed by atoms with Crippen molar-refractivity contribution in [1.82, 2.24) is 15.1 Å². The monoisotopic (exact) mass is 413 g/mol. The Hall–Kier alpha value is -2.94. The lowest BCUT2D eigenvalue weighted by Gasteiger charge is -2.25. The van der Waals surface area contributed by atoms with Crippen molar-refractivity contribution in [1.29, 1.82) is 0 Å². The van der Waals surface area contributed by atoms with E-state index in [9.17, 15) is 27.2 Å². The molecule has 5 nitrogen and oxygen atoms in total. The van der Waals surface area contributed by atoms with E-state index in [1.807, 2.05) is 0 Å². The fraction of sp³-hybridized carbons (Fsp3) is 0.167. The van der Waals surface area contributed by atoms with Crippen LogP contribution < -0.4 is 5.56 Å². The smallest absolute Gasteiger partial charge is 0.272 e. The predicted octanol–water partition coefficient (Wildman–Crippen LogP) is 3.97. The first kappa shape index (κ1) is 19.8. The van der Waals surface area contributed by atoms with Crippen molar-refractivity contribution in [3.8, 4) is 0 Å². The molecule has 0 fully saturated rings. The molecule has 1 amide bonds. The normalized spacial score (nSPS) is 12.2. The van der Waals surface area contributed by atoms with Crippen LogP contribution in [0.3, 0.4) is 0 Å². The molecule has 1 unspecified atom stereocenters. The van der Waals surface area contributed by atoms with E-state index in [4.69, 9.17) is 11.6 Å². The Labute approximate surface area is 160 Å². The lowest BCUT2D eigenvalue weighted by atomic mass is 10.0. The molecule has 146 valence electrons. The number of H-pyrrole nitrogens is 1. The lowest BCUT2D eigenvalue weighted by Crippen LogP contribution is -2.31. The number of carbonyl (C=O) groups excluding carboxylic acids is 1. The minimum atomic E-state index is -1.21. The quantitative estimate of drug-likeness (QED) is 0.522. The average molecular weight is 414 g/mol. The molecule has 0 aliphatic rings. The van der Waals surface area contributed by atoms with Crippen LogP contribution in [-0.4, -0.2) is 28.1 Å². The van der Waals surface area contributed by atoms with Crippen molar-refractivity contribution >= 4 is 28.3 Å². The van der Waals surface area contributed by atoms with Gasteiger partial charge in [0.25, 0.3) is 11.5 Å². The second kappa shape index (κ2) is 7.23. The van der Waals surface area contributed by atoms with Gasteiger partial charge < -0.3 is 4.90 Å². The maximum atomic E-state index is 13.7. The third-order valence-electron chi connectivity index (χ3n) is 4.39. The topological polar surface area (TPSA) is 66.1 Å². The SMILES string of the molecule is CC(c1n[nH]c(=O)c2cc(F)c(F)cc12)N(C)C(=O)c1cc(F)c(Cl)c(F)c1. The Bertz CT molecular complexity index is 1140. The molecule has 28 heavy (non-hydrogen) atoms. The molecule has 1 aromatic heterocycles. The summed E-state index contributed by atoms with van der Waals surface area (Å²) in [5.41, 5.74) is -0.973. The zero-order valence-corrected chi connectivity index (χ0v) is 15.2. The summed E-state index contributed by atoms with van der Waals surface area (Å²) >= 11 is 5.42. The van der Waals surface area contributed by atoms with Gasteiger partial charge in [0.2, 0.25) is 0 Å². The van der Waals surface area contributed by atoms with E-state index in [0.29, 0.717) is 0 Å². The van der Waals surface area contributed by atoms with Gasteiger partial charge in [-0.2, -0.15) is 5.10 Å². The molecule has 0 radical (unpaired) electrons. The van der Waals surface area contributed by atoms with Gasteiger partial charge in [0.1, 0.15) is 16.7 Å². The van der Waals surface area contributed by atoms with Gasteiger partial charge in [-0.25, -0.2) is 22.7 Å². The summed E-state index contributed by atoms with van der Waals surface area (Å²) < 4.78 is 54.5. The largest absolute Gasteiger partial charge is 0.333 e. The highest BCUT2D eigenvalue weighted by molar-refractivity contribution is 6.31. The van der Waals surface area contributed by atoms with Crippen LogP contribution in [-0.2, 0) is 0 Å². The number of amides is 1. The van der Waals surface area contributed by atoms with E-state index in [0.717, 1.165) is 29.2 Å². The summed E-state index contributed by atoms with van der Waals surface area (Å²) in [6, 6.07) is 2.24. The molecule has 10 heteroatoms. The number of carbonyl (C=O) groups is 1. The number of hydrogen-bond acceptors (Lipinski definition) is 3. The van der Waals surface area contributed by atoms with Crippen LogP contribution in [0.5, 0.6) is 0 Å². The second-order valence-electron chi connectivity index (χ2n) is 6.10. The van der Waals surface area contributed by atoms with E-state index in [1.54, 1.807) is 0 Å². The first-order valence-electron chi connectivity index (χ1n) is 7.90. The highest BCUT2D eigenvalue weighted by Crippen LogP contribution is 2.27. The maximum Gasteiger partial charge on any atom is 0.272 e. The summed E-state index contributed by atoms with van der Waals surface area (Å²) in [4.78, 5) is 25.6. The highest BCUT2D eigenvalue weighted by atomic mass is 35.5. The van der Waals surface area contributed by atoms with Crippen molar-refractivity contribution in [2.45, 2.75) is 13.0 Å². The van der Waals surface area contributed by atoms with Crippen LogP contribution in [0.1, 0.15) is 29.0 Å². The van der Waals surface area contributed by atoms with Gasteiger partial charge in [-0.05, 0) is 31.2 Å². The number of aromatic nitrogens is 2. The third-order valence-corrected chi connectivity index (χ3v) is 4.75. The molecule has 3 aromatic rings. The molecule has 0 spiro atoms. The Morgan fingerprint density at radius 2 is 1.57 bits per heavy atom. The summed E-state index contributed by atoms with van der Waals surface area (Å²) in [7, 11) is 1.33. The summed E-state index contributed by atoms with van der Waals surface area (Å²) in [6.45, 7) is 1.50. The number of hydrogen-bond donors (Lipinski definition) is 1. The molecule has 1 heterocycles. The van der Waals surface area contributed by atoms with Crippen molar-refractivity contribution in [2.24, 2.45) is 0 Å². The highest BCUT2D eigenvalue weighted by Gasteiger charge is 2.25. The third kappa shape index (κ3) is 3.33. The Morgan fingerprint density at radius 3 is 2.14 bits per heavy atom. The number of rotatable bonds is 3. The van der Waals surface area contributed by atoms with Crippen LogP contribution in [0.4, 0.5) is 17.6 Å². The maximum absolute atomic E-state index is 13.7. The molecule has 3 rings (SSSR count). The van der Waals surface area contributed by atoms with Gasteiger partial charge in [0.15, 0.2) is 11.6 Å². The van der Waals surface area contributed by atoms with Gasteiger partial charge in [-0.3, -0.25) is 9.59 Å². The molecule has 0 bridgehead atoms. The van der Waals surface area contributed by atoms with Crippen molar-refractivity contribution < 1.29 is 22.4 Å². The fourth-order valence-electron chi connectivity index (χ4n) is 2.74. The Balaban J connectivity index is 2.05. The summed E-state index contributed by atoms with van der Waals surface area (Å²) in [5.74, 6) is -5.37. The van der Waals surface area contributed by atoms with Crippen LogP contribution >= 0.6 is 11.6 Å². The number of halogens is 5. The van der Waals surface area contributed by atoms with Gasteiger partial charge >= 0.3 is 0 Å². The van der Waals surface area contributed by atoms with Crippen molar-refractivity contribution in [3.63, 3.8) is 0 Å². The first-order valence-corrected chi connectivity index (χ1v) is 8.28. The summed E-state index contributed by atoms with van der Waals surface area (Å²) in [6.07, 6.45) is 0. The number of nitrogens with one attached hydrogen (secondary N) is 1. The molecule has 1 atom stereocenters. The van der Waals surface area contributed by atoms with Crippen LogP contribution in [0, 0.1) is 23.3 Å². The minimum absolute atomic E-state index is 0.00303. The van der Waals surface area contributed by atoms with Crippen LogP contribution in [0.25, 0.3) is 10.8 Å². The Kier molecular flexibility index (Phi) is 5.12. The zero-order chi connectivity index (χ0) is 20.7. The molecule has 0 aliphatic heterocycles. The Morgan fingerprint density at radius 1 is 1.04 bits per heavy atom. The molecule has 0 saturated heterocycles. The number of benzene rings is 2. The molecular weight excluding hydrogens is 402 g/mol. The number of nitrogens with zero attached hydrogens (tertiary/aromatic N) is 2. The van der Waals surface area contributed by atoms with Gasteiger partial charge in [-0.1, -0.05) is 11.6 Å². The molecule has 0 aliphatic carbocycles. The lowest BCUT2D eigenvalue weighted by molar-refractivity contribution is 0.0739. The fourth-order valence-corrected chi connectivity index (χ4v) is 2.85. The summed E-state index contributed by atoms with van der Waals surface area (Å²) in [5, 5.41) is 5.11. The van der Waals surface area contributed by atoms with Crippen LogP contribution in [0.2, 0.25) is 5.02 Å². The van der Waals surface area contributed by atoms with Gasteiger partial charge in [-0.15, -0.1) is 0 Å². The minimum Gasteiger partial charge on any atom is -0.333 e. The molecule has 2 aromatic carbocycles. The van der Waals surface area contributed by atoms with E-state index in [1.165, 1.54) is 14.0 Å². The van der Waals surface area contributed by atoms with E-state index in [2.05, 4.69) is 10.2 Å². The van der Waals surface area contributed by atoms with E-state index < -0.39 is 45.8 Å². The second-order valence-corrected chi connectivity index (χ2v) is 6.47. The molecule has 0 saturated carbocycles. The van der Waals surface area contributed by atoms with Crippen LogP contribution in [0.15, 0.2) is 29.1 Å². The van der Waals surface area contributed by atoms with E-state index >= 15 is 0 Å². The number of fused-ring (bicyclic) bond motifs is 1. The van der Waals surface area contributed by atoms with Gasteiger partial charge in [0.05, 0.1) is 17.1 Å². The number of aromatic amines is 1. The standard InChI is InChI=1S/C18H12ClF4N3O2/c1-7(26(2)18(28)8-3-13(22)15(19)14(23)4-8)16-9-5-11(20)12(21)6-10(9)17(27)25-24-16/h3-7H,1-2H3,(H,25,27). The zero-order valence-electron chi connectivity index (χ0n) is 14.5. The first-order chi connectivity index (χ1) is 13.1.